The van der Waals surface area contributed by atoms with Crippen LogP contribution in [0, 0.1) is 11.9 Å². The summed E-state index contributed by atoms with van der Waals surface area (Å²) in [4.78, 5) is 0. The second-order valence-electron chi connectivity index (χ2n) is 3.60. The molecule has 0 aliphatic heterocycles. The van der Waals surface area contributed by atoms with Crippen LogP contribution in [0.3, 0.4) is 0 Å². The highest BCUT2D eigenvalue weighted by atomic mass is 35.5. The average molecular weight is 274 g/mol. The summed E-state index contributed by atoms with van der Waals surface area (Å²) in [6.45, 7) is 0. The Balaban J connectivity index is 2.52. The van der Waals surface area contributed by atoms with Gasteiger partial charge in [-0.3, -0.25) is 0 Å². The molecule has 0 saturated carbocycles. The number of alkyl halides is 3. The van der Waals surface area contributed by atoms with E-state index in [9.17, 15) is 17.6 Å². The van der Waals surface area contributed by atoms with E-state index in [1.807, 2.05) is 0 Å². The summed E-state index contributed by atoms with van der Waals surface area (Å²) < 4.78 is 50.8. The highest BCUT2D eigenvalue weighted by Gasteiger charge is 2.31. The zero-order valence-electron chi connectivity index (χ0n) is 8.85. The van der Waals surface area contributed by atoms with Crippen LogP contribution in [0.2, 0.25) is 5.02 Å². The molecule has 93 valence electrons. The maximum absolute atomic E-state index is 13.5. The molecule has 2 rings (SSSR count). The molecule has 0 bridgehead atoms. The van der Waals surface area contributed by atoms with Crippen LogP contribution in [-0.4, -0.2) is 0 Å². The molecule has 0 saturated heterocycles. The molecule has 5 heteroatoms. The van der Waals surface area contributed by atoms with Crippen LogP contribution in [0.25, 0.3) is 11.1 Å². The van der Waals surface area contributed by atoms with Crippen molar-refractivity contribution in [1.82, 2.24) is 0 Å². The lowest BCUT2D eigenvalue weighted by Gasteiger charge is -2.10. The average Bonchev–Trinajstić information content (AvgIpc) is 2.29. The third-order valence-electron chi connectivity index (χ3n) is 2.40. The number of hydrogen-bond donors (Lipinski definition) is 0. The van der Waals surface area contributed by atoms with Crippen molar-refractivity contribution in [1.29, 1.82) is 0 Å². The first-order valence-corrected chi connectivity index (χ1v) is 5.30. The van der Waals surface area contributed by atoms with Gasteiger partial charge in [-0.05, 0) is 30.3 Å². The standard InChI is InChI=1S/C13H6ClF4/c14-11-7-8(13(16,17)18)5-6-9(11)10-3-1-2-4-12(10)15/h2-7H. The number of halogens is 5. The van der Waals surface area contributed by atoms with Crippen LogP contribution < -0.4 is 0 Å². The topological polar surface area (TPSA) is 0 Å². The second kappa shape index (κ2) is 4.61. The molecule has 0 amide bonds. The fourth-order valence-corrected chi connectivity index (χ4v) is 1.81. The Hall–Kier alpha value is -1.55. The SMILES string of the molecule is Fc1cc[c]cc1-c1ccc(C(F)(F)F)cc1Cl. The Morgan fingerprint density at radius 2 is 1.78 bits per heavy atom. The zero-order chi connectivity index (χ0) is 13.3. The van der Waals surface area contributed by atoms with E-state index >= 15 is 0 Å². The minimum atomic E-state index is -4.47. The summed E-state index contributed by atoms with van der Waals surface area (Å²) >= 11 is 5.76. The summed E-state index contributed by atoms with van der Waals surface area (Å²) in [7, 11) is 0. The molecule has 0 fully saturated rings. The van der Waals surface area contributed by atoms with Crippen LogP contribution >= 0.6 is 11.6 Å². The summed E-state index contributed by atoms with van der Waals surface area (Å²) in [5, 5.41) is -0.150. The predicted molar refractivity (Wildman–Crippen MR) is 60.7 cm³/mol. The molecule has 0 nitrogen and oxygen atoms in total. The van der Waals surface area contributed by atoms with Gasteiger partial charge >= 0.3 is 6.18 Å². The minimum absolute atomic E-state index is 0.122. The van der Waals surface area contributed by atoms with E-state index in [4.69, 9.17) is 11.6 Å². The Morgan fingerprint density at radius 1 is 1.06 bits per heavy atom. The van der Waals surface area contributed by atoms with Crippen molar-refractivity contribution in [2.75, 3.05) is 0 Å². The fourth-order valence-electron chi connectivity index (χ4n) is 1.53. The summed E-state index contributed by atoms with van der Waals surface area (Å²) in [6, 6.07) is 9.33. The van der Waals surface area contributed by atoms with E-state index in [0.29, 0.717) is 0 Å². The Labute approximate surface area is 106 Å². The van der Waals surface area contributed by atoms with Crippen LogP contribution in [0.4, 0.5) is 17.6 Å². The van der Waals surface area contributed by atoms with E-state index in [1.165, 1.54) is 18.2 Å². The van der Waals surface area contributed by atoms with E-state index < -0.39 is 17.6 Å². The first kappa shape index (κ1) is 12.9. The van der Waals surface area contributed by atoms with Crippen LogP contribution in [0.5, 0.6) is 0 Å². The quantitative estimate of drug-likeness (QED) is 0.644. The first-order valence-electron chi connectivity index (χ1n) is 4.92. The normalized spacial score (nSPS) is 11.6. The highest BCUT2D eigenvalue weighted by Crippen LogP contribution is 2.36. The van der Waals surface area contributed by atoms with Crippen LogP contribution in [0.1, 0.15) is 5.56 Å². The molecular formula is C13H6ClF4. The molecule has 0 heterocycles. The summed E-state index contributed by atoms with van der Waals surface area (Å²) in [5.41, 5.74) is -0.535. The van der Waals surface area contributed by atoms with Crippen molar-refractivity contribution in [2.45, 2.75) is 6.18 Å². The smallest absolute Gasteiger partial charge is 0.206 e. The van der Waals surface area contributed by atoms with Gasteiger partial charge < -0.3 is 0 Å². The van der Waals surface area contributed by atoms with Gasteiger partial charge in [-0.1, -0.05) is 23.7 Å². The molecule has 0 N–H and O–H groups in total. The maximum Gasteiger partial charge on any atom is 0.416 e. The van der Waals surface area contributed by atoms with Gasteiger partial charge in [0.25, 0.3) is 0 Å². The number of hydrogen-bond acceptors (Lipinski definition) is 0. The predicted octanol–water partition coefficient (Wildman–Crippen LogP) is 4.97. The molecule has 2 aromatic carbocycles. The molecule has 2 aromatic rings. The van der Waals surface area contributed by atoms with E-state index in [2.05, 4.69) is 6.07 Å². The molecule has 0 aromatic heterocycles. The van der Waals surface area contributed by atoms with Crippen molar-refractivity contribution in [3.05, 3.63) is 58.9 Å². The highest BCUT2D eigenvalue weighted by molar-refractivity contribution is 6.33. The van der Waals surface area contributed by atoms with Crippen LogP contribution in [-0.2, 0) is 6.18 Å². The number of rotatable bonds is 1. The third kappa shape index (κ3) is 2.48. The van der Waals surface area contributed by atoms with Gasteiger partial charge in [0.05, 0.1) is 5.56 Å². The third-order valence-corrected chi connectivity index (χ3v) is 2.71. The van der Waals surface area contributed by atoms with E-state index in [-0.39, 0.29) is 16.1 Å². The maximum atomic E-state index is 13.5. The lowest BCUT2D eigenvalue weighted by atomic mass is 10.0. The number of benzene rings is 2. The zero-order valence-corrected chi connectivity index (χ0v) is 9.61. The van der Waals surface area contributed by atoms with Gasteiger partial charge in [-0.2, -0.15) is 13.2 Å². The molecule has 0 unspecified atom stereocenters. The van der Waals surface area contributed by atoms with Gasteiger partial charge in [0.15, 0.2) is 0 Å². The Bertz CT molecular complexity index is 575. The van der Waals surface area contributed by atoms with Gasteiger partial charge in [0.2, 0.25) is 0 Å². The van der Waals surface area contributed by atoms with E-state index in [0.717, 1.165) is 18.2 Å². The largest absolute Gasteiger partial charge is 0.416 e. The fraction of sp³-hybridized carbons (Fsp3) is 0.0769. The monoisotopic (exact) mass is 273 g/mol. The summed E-state index contributed by atoms with van der Waals surface area (Å²) in [6.07, 6.45) is -4.47. The molecule has 1 radical (unpaired) electrons. The van der Waals surface area contributed by atoms with Gasteiger partial charge in [0, 0.05) is 16.1 Å². The molecule has 18 heavy (non-hydrogen) atoms. The van der Waals surface area contributed by atoms with E-state index in [1.54, 1.807) is 0 Å². The van der Waals surface area contributed by atoms with Crippen molar-refractivity contribution in [3.63, 3.8) is 0 Å². The van der Waals surface area contributed by atoms with Crippen molar-refractivity contribution >= 4 is 11.6 Å². The second-order valence-corrected chi connectivity index (χ2v) is 4.01. The lowest BCUT2D eigenvalue weighted by Crippen LogP contribution is -2.04. The Kier molecular flexibility index (Phi) is 3.30. The molecular weight excluding hydrogens is 268 g/mol. The van der Waals surface area contributed by atoms with Gasteiger partial charge in [0.1, 0.15) is 5.82 Å². The van der Waals surface area contributed by atoms with Crippen molar-refractivity contribution in [2.24, 2.45) is 0 Å². The molecule has 0 aliphatic carbocycles. The van der Waals surface area contributed by atoms with Crippen molar-refractivity contribution < 1.29 is 17.6 Å². The Morgan fingerprint density at radius 3 is 2.33 bits per heavy atom. The molecule has 0 atom stereocenters. The van der Waals surface area contributed by atoms with Crippen LogP contribution in [0.15, 0.2) is 36.4 Å². The first-order chi connectivity index (χ1) is 8.39. The molecule has 0 spiro atoms. The van der Waals surface area contributed by atoms with Gasteiger partial charge in [-0.25, -0.2) is 4.39 Å². The minimum Gasteiger partial charge on any atom is -0.206 e. The van der Waals surface area contributed by atoms with Gasteiger partial charge in [-0.15, -0.1) is 0 Å². The summed E-state index contributed by atoms with van der Waals surface area (Å²) in [5.74, 6) is -0.560. The lowest BCUT2D eigenvalue weighted by molar-refractivity contribution is -0.137. The van der Waals surface area contributed by atoms with Crippen molar-refractivity contribution in [3.8, 4) is 11.1 Å². The molecule has 0 aliphatic rings.